The minimum Gasteiger partial charge on any atom is -0.0837 e. The number of allylic oxidation sites excluding steroid dienone is 4. The summed E-state index contributed by atoms with van der Waals surface area (Å²) in [6, 6.07) is 0. The van der Waals surface area contributed by atoms with Crippen molar-refractivity contribution < 1.29 is 0 Å². The maximum Gasteiger partial charge on any atom is -0.00805 e. The fraction of sp³-hybridized carbons (Fsp3) is 0.556. The molecule has 2 aliphatic rings. The van der Waals surface area contributed by atoms with Gasteiger partial charge in [-0.3, -0.25) is 0 Å². The first-order valence-corrected chi connectivity index (χ1v) is 3.76. The average molecular weight is 120 g/mol. The van der Waals surface area contributed by atoms with Crippen LogP contribution in [0.2, 0.25) is 0 Å². The monoisotopic (exact) mass is 120 g/mol. The number of rotatable bonds is 0. The number of hydrogen-bond donors (Lipinski definition) is 0. The molecular formula is C9H12. The van der Waals surface area contributed by atoms with Crippen molar-refractivity contribution in [2.75, 3.05) is 0 Å². The Balaban J connectivity index is 2.14. The lowest BCUT2D eigenvalue weighted by Gasteiger charge is -2.39. The van der Waals surface area contributed by atoms with Crippen molar-refractivity contribution in [3.8, 4) is 0 Å². The average Bonchev–Trinajstić information content (AvgIpc) is 1.87. The van der Waals surface area contributed by atoms with Gasteiger partial charge in [-0.25, -0.2) is 0 Å². The van der Waals surface area contributed by atoms with Crippen LogP contribution in [0.3, 0.4) is 0 Å². The molecule has 0 N–H and O–H groups in total. The fourth-order valence-corrected chi connectivity index (χ4v) is 1.71. The van der Waals surface area contributed by atoms with Gasteiger partial charge < -0.3 is 0 Å². The standard InChI is InChI=1S/C9H12/c1-2-5-9(6-3-1)7-4-8-9/h1-3,5H,4,6-8H2. The highest BCUT2D eigenvalue weighted by Gasteiger charge is 2.33. The smallest absolute Gasteiger partial charge is 0.00805 e. The molecule has 0 saturated heterocycles. The second-order valence-electron chi connectivity index (χ2n) is 3.21. The molecule has 0 aromatic rings. The molecule has 0 heteroatoms. The zero-order chi connectivity index (χ0) is 6.16. The maximum atomic E-state index is 2.39. The van der Waals surface area contributed by atoms with Crippen molar-refractivity contribution in [1.82, 2.24) is 0 Å². The van der Waals surface area contributed by atoms with E-state index in [-0.39, 0.29) is 0 Å². The summed E-state index contributed by atoms with van der Waals surface area (Å²) in [6.45, 7) is 0. The molecule has 0 aromatic heterocycles. The third-order valence-electron chi connectivity index (χ3n) is 2.57. The molecule has 0 unspecified atom stereocenters. The lowest BCUT2D eigenvalue weighted by atomic mass is 9.65. The summed E-state index contributed by atoms with van der Waals surface area (Å²) < 4.78 is 0. The Kier molecular flexibility index (Phi) is 1.01. The van der Waals surface area contributed by atoms with Gasteiger partial charge in [-0.05, 0) is 24.7 Å². The summed E-state index contributed by atoms with van der Waals surface area (Å²) in [5.74, 6) is 0. The molecule has 2 aliphatic carbocycles. The second kappa shape index (κ2) is 1.73. The summed E-state index contributed by atoms with van der Waals surface area (Å²) in [7, 11) is 0. The summed E-state index contributed by atoms with van der Waals surface area (Å²) in [5.41, 5.74) is 0.634. The Bertz CT molecular complexity index is 159. The third-order valence-corrected chi connectivity index (χ3v) is 2.57. The molecule has 0 nitrogen and oxygen atoms in total. The van der Waals surface area contributed by atoms with Gasteiger partial charge in [0.15, 0.2) is 0 Å². The first-order chi connectivity index (χ1) is 4.41. The summed E-state index contributed by atoms with van der Waals surface area (Å²) in [6.07, 6.45) is 14.6. The molecule has 0 bridgehead atoms. The normalized spacial score (nSPS) is 28.4. The highest BCUT2D eigenvalue weighted by molar-refractivity contribution is 5.18. The summed E-state index contributed by atoms with van der Waals surface area (Å²) in [4.78, 5) is 0. The van der Waals surface area contributed by atoms with Crippen molar-refractivity contribution in [3.05, 3.63) is 24.3 Å². The van der Waals surface area contributed by atoms with Gasteiger partial charge in [-0.15, -0.1) is 0 Å². The minimum atomic E-state index is 0.634. The molecule has 1 saturated carbocycles. The molecule has 0 aliphatic heterocycles. The highest BCUT2D eigenvalue weighted by Crippen LogP contribution is 2.46. The Hall–Kier alpha value is -0.520. The van der Waals surface area contributed by atoms with Gasteiger partial charge in [-0.2, -0.15) is 0 Å². The Morgan fingerprint density at radius 1 is 1.11 bits per heavy atom. The molecule has 0 amide bonds. The first-order valence-electron chi connectivity index (χ1n) is 3.76. The minimum absolute atomic E-state index is 0.634. The van der Waals surface area contributed by atoms with E-state index in [1.165, 1.54) is 25.7 Å². The lowest BCUT2D eigenvalue weighted by molar-refractivity contribution is 0.206. The highest BCUT2D eigenvalue weighted by atomic mass is 14.4. The van der Waals surface area contributed by atoms with Crippen LogP contribution in [0.4, 0.5) is 0 Å². The van der Waals surface area contributed by atoms with Crippen LogP contribution in [0.5, 0.6) is 0 Å². The Labute approximate surface area is 56.3 Å². The van der Waals surface area contributed by atoms with E-state index in [1.807, 2.05) is 0 Å². The van der Waals surface area contributed by atoms with E-state index in [9.17, 15) is 0 Å². The molecule has 2 rings (SSSR count). The van der Waals surface area contributed by atoms with Crippen LogP contribution in [-0.4, -0.2) is 0 Å². The van der Waals surface area contributed by atoms with Gasteiger partial charge in [0, 0.05) is 0 Å². The molecule has 1 fully saturated rings. The number of hydrogen-bond acceptors (Lipinski definition) is 0. The third kappa shape index (κ3) is 0.735. The van der Waals surface area contributed by atoms with E-state index >= 15 is 0 Å². The van der Waals surface area contributed by atoms with Crippen LogP contribution in [-0.2, 0) is 0 Å². The van der Waals surface area contributed by atoms with Crippen molar-refractivity contribution in [3.63, 3.8) is 0 Å². The van der Waals surface area contributed by atoms with Crippen LogP contribution >= 0.6 is 0 Å². The van der Waals surface area contributed by atoms with Crippen LogP contribution in [0, 0.1) is 5.41 Å². The first kappa shape index (κ1) is 5.28. The fourth-order valence-electron chi connectivity index (χ4n) is 1.71. The zero-order valence-electron chi connectivity index (χ0n) is 5.64. The van der Waals surface area contributed by atoms with Crippen molar-refractivity contribution in [2.45, 2.75) is 25.7 Å². The molecule has 9 heavy (non-hydrogen) atoms. The van der Waals surface area contributed by atoms with Crippen molar-refractivity contribution >= 4 is 0 Å². The van der Waals surface area contributed by atoms with Gasteiger partial charge in [0.2, 0.25) is 0 Å². The molecule has 48 valence electrons. The van der Waals surface area contributed by atoms with Crippen LogP contribution in [0.1, 0.15) is 25.7 Å². The second-order valence-corrected chi connectivity index (χ2v) is 3.21. The van der Waals surface area contributed by atoms with Gasteiger partial charge in [0.05, 0.1) is 0 Å². The Morgan fingerprint density at radius 2 is 2.00 bits per heavy atom. The van der Waals surface area contributed by atoms with Crippen LogP contribution in [0.15, 0.2) is 24.3 Å². The van der Waals surface area contributed by atoms with Crippen LogP contribution < -0.4 is 0 Å². The van der Waals surface area contributed by atoms with E-state index in [0.29, 0.717) is 5.41 Å². The quantitative estimate of drug-likeness (QED) is 0.461. The molecule has 0 radical (unpaired) electrons. The predicted octanol–water partition coefficient (Wildman–Crippen LogP) is 2.67. The van der Waals surface area contributed by atoms with E-state index in [0.717, 1.165) is 0 Å². The van der Waals surface area contributed by atoms with E-state index in [4.69, 9.17) is 0 Å². The molecule has 1 spiro atoms. The van der Waals surface area contributed by atoms with Gasteiger partial charge >= 0.3 is 0 Å². The predicted molar refractivity (Wildman–Crippen MR) is 39.2 cm³/mol. The molecule has 0 atom stereocenters. The van der Waals surface area contributed by atoms with Crippen LogP contribution in [0.25, 0.3) is 0 Å². The van der Waals surface area contributed by atoms with Gasteiger partial charge in [0.25, 0.3) is 0 Å². The van der Waals surface area contributed by atoms with Gasteiger partial charge in [-0.1, -0.05) is 30.7 Å². The lowest BCUT2D eigenvalue weighted by Crippen LogP contribution is -2.26. The molecule has 0 heterocycles. The SMILES string of the molecule is C1=CCC2(C=C1)CCC2. The summed E-state index contributed by atoms with van der Waals surface area (Å²) >= 11 is 0. The summed E-state index contributed by atoms with van der Waals surface area (Å²) in [5, 5.41) is 0. The molecular weight excluding hydrogens is 108 g/mol. The van der Waals surface area contributed by atoms with Gasteiger partial charge in [0.1, 0.15) is 0 Å². The topological polar surface area (TPSA) is 0 Å². The zero-order valence-corrected chi connectivity index (χ0v) is 5.64. The molecule has 0 aromatic carbocycles. The Morgan fingerprint density at radius 3 is 2.33 bits per heavy atom. The maximum absolute atomic E-state index is 2.39. The largest absolute Gasteiger partial charge is 0.0837 e. The van der Waals surface area contributed by atoms with Crippen molar-refractivity contribution in [1.29, 1.82) is 0 Å². The van der Waals surface area contributed by atoms with E-state index < -0.39 is 0 Å². The van der Waals surface area contributed by atoms with E-state index in [2.05, 4.69) is 24.3 Å². The van der Waals surface area contributed by atoms with Crippen molar-refractivity contribution in [2.24, 2.45) is 5.41 Å². The van der Waals surface area contributed by atoms with E-state index in [1.54, 1.807) is 0 Å².